The van der Waals surface area contributed by atoms with Gasteiger partial charge in [0, 0.05) is 44.2 Å². The first-order valence-corrected chi connectivity index (χ1v) is 8.03. The molecule has 0 radical (unpaired) electrons. The first-order valence-electron chi connectivity index (χ1n) is 8.03. The third-order valence-corrected chi connectivity index (χ3v) is 3.65. The minimum absolute atomic E-state index is 0.735. The topological polar surface area (TPSA) is 50.3 Å². The van der Waals surface area contributed by atoms with Crippen LogP contribution in [-0.2, 0) is 4.74 Å². The van der Waals surface area contributed by atoms with Crippen molar-refractivity contribution < 1.29 is 4.74 Å². The molecule has 5 heteroatoms. The molecule has 0 unspecified atom stereocenters. The first kappa shape index (κ1) is 17.4. The van der Waals surface area contributed by atoms with Gasteiger partial charge in [-0.05, 0) is 26.0 Å². The highest BCUT2D eigenvalue weighted by Crippen LogP contribution is 2.15. The molecular weight excluding hydrogens is 288 g/mol. The number of ether oxygens (including phenoxy) is 1. The second-order valence-electron chi connectivity index (χ2n) is 5.65. The van der Waals surface area contributed by atoms with Crippen LogP contribution < -0.4 is 10.2 Å². The van der Waals surface area contributed by atoms with Crippen molar-refractivity contribution in [3.05, 3.63) is 48.3 Å². The average Bonchev–Trinajstić information content (AvgIpc) is 2.84. The SMILES string of the molecule is C=C(/C=C\C=C(/C)CNC)c1cnc(N2CCCOCC2)nc1. The van der Waals surface area contributed by atoms with Gasteiger partial charge in [-0.15, -0.1) is 0 Å². The summed E-state index contributed by atoms with van der Waals surface area (Å²) in [4.78, 5) is 11.1. The average molecular weight is 314 g/mol. The number of likely N-dealkylation sites (N-methyl/N-ethyl adjacent to an activating group) is 1. The van der Waals surface area contributed by atoms with Crippen LogP contribution in [0.3, 0.4) is 0 Å². The maximum absolute atomic E-state index is 5.46. The molecule has 1 aromatic rings. The van der Waals surface area contributed by atoms with Crippen molar-refractivity contribution >= 4 is 11.5 Å². The van der Waals surface area contributed by atoms with Gasteiger partial charge in [-0.3, -0.25) is 0 Å². The minimum Gasteiger partial charge on any atom is -0.380 e. The standard InChI is InChI=1S/C18H26N4O/c1-15(12-19-3)6-4-7-16(2)17-13-20-18(21-14-17)22-8-5-10-23-11-9-22/h4,6-7,13-14,19H,2,5,8-12H2,1,3H3/b7-4-,15-6+. The Kier molecular flexibility index (Phi) is 6.97. The van der Waals surface area contributed by atoms with Crippen molar-refractivity contribution in [1.29, 1.82) is 0 Å². The van der Waals surface area contributed by atoms with Gasteiger partial charge in [0.25, 0.3) is 0 Å². The monoisotopic (exact) mass is 314 g/mol. The summed E-state index contributed by atoms with van der Waals surface area (Å²) in [5.41, 5.74) is 3.12. The number of nitrogens with one attached hydrogen (secondary N) is 1. The quantitative estimate of drug-likeness (QED) is 0.817. The fourth-order valence-corrected chi connectivity index (χ4v) is 2.36. The molecule has 0 aromatic carbocycles. The highest BCUT2D eigenvalue weighted by molar-refractivity contribution is 5.71. The van der Waals surface area contributed by atoms with Gasteiger partial charge in [0.2, 0.25) is 5.95 Å². The van der Waals surface area contributed by atoms with E-state index in [1.54, 1.807) is 0 Å². The molecule has 2 heterocycles. The first-order chi connectivity index (χ1) is 11.2. The van der Waals surface area contributed by atoms with E-state index in [0.717, 1.165) is 56.4 Å². The molecule has 1 N–H and O–H groups in total. The Morgan fingerprint density at radius 2 is 2.13 bits per heavy atom. The van der Waals surface area contributed by atoms with E-state index < -0.39 is 0 Å². The maximum atomic E-state index is 5.46. The molecule has 0 saturated carbocycles. The van der Waals surface area contributed by atoms with Crippen molar-refractivity contribution in [1.82, 2.24) is 15.3 Å². The van der Waals surface area contributed by atoms with E-state index in [1.165, 1.54) is 5.57 Å². The van der Waals surface area contributed by atoms with Crippen molar-refractivity contribution in [2.24, 2.45) is 0 Å². The van der Waals surface area contributed by atoms with E-state index in [2.05, 4.69) is 39.8 Å². The maximum Gasteiger partial charge on any atom is 0.225 e. The summed E-state index contributed by atoms with van der Waals surface area (Å²) in [6, 6.07) is 0. The number of nitrogens with zero attached hydrogens (tertiary/aromatic N) is 3. The summed E-state index contributed by atoms with van der Waals surface area (Å²) >= 11 is 0. The van der Waals surface area contributed by atoms with Crippen LogP contribution in [-0.4, -0.2) is 49.9 Å². The van der Waals surface area contributed by atoms with Crippen molar-refractivity contribution in [2.45, 2.75) is 13.3 Å². The van der Waals surface area contributed by atoms with Crippen LogP contribution in [0.2, 0.25) is 0 Å². The molecule has 0 spiro atoms. The lowest BCUT2D eigenvalue weighted by Crippen LogP contribution is -2.27. The highest BCUT2D eigenvalue weighted by Gasteiger charge is 2.12. The normalized spacial score (nSPS) is 16.6. The number of anilines is 1. The molecule has 0 amide bonds. The van der Waals surface area contributed by atoms with E-state index in [1.807, 2.05) is 31.6 Å². The van der Waals surface area contributed by atoms with Gasteiger partial charge in [-0.1, -0.05) is 30.4 Å². The van der Waals surface area contributed by atoms with E-state index in [-0.39, 0.29) is 0 Å². The molecular formula is C18H26N4O. The molecule has 0 atom stereocenters. The summed E-state index contributed by atoms with van der Waals surface area (Å²) in [6.45, 7) is 10.4. The lowest BCUT2D eigenvalue weighted by molar-refractivity contribution is 0.152. The third kappa shape index (κ3) is 5.62. The lowest BCUT2D eigenvalue weighted by atomic mass is 10.1. The summed E-state index contributed by atoms with van der Waals surface area (Å²) in [7, 11) is 1.94. The largest absolute Gasteiger partial charge is 0.380 e. The van der Waals surface area contributed by atoms with Crippen LogP contribution in [0.25, 0.3) is 5.57 Å². The zero-order chi connectivity index (χ0) is 16.5. The predicted molar refractivity (Wildman–Crippen MR) is 95.5 cm³/mol. The number of rotatable bonds is 6. The molecule has 1 aromatic heterocycles. The van der Waals surface area contributed by atoms with Crippen molar-refractivity contribution in [2.75, 3.05) is 44.8 Å². The third-order valence-electron chi connectivity index (χ3n) is 3.65. The molecule has 5 nitrogen and oxygen atoms in total. The van der Waals surface area contributed by atoms with E-state index in [9.17, 15) is 0 Å². The van der Waals surface area contributed by atoms with Gasteiger partial charge in [-0.2, -0.15) is 0 Å². The predicted octanol–water partition coefficient (Wildman–Crippen LogP) is 2.44. The Morgan fingerprint density at radius 1 is 1.35 bits per heavy atom. The lowest BCUT2D eigenvalue weighted by Gasteiger charge is -2.19. The minimum atomic E-state index is 0.735. The second-order valence-corrected chi connectivity index (χ2v) is 5.65. The van der Waals surface area contributed by atoms with Crippen LogP contribution in [0.4, 0.5) is 5.95 Å². The summed E-state index contributed by atoms with van der Waals surface area (Å²) in [6.07, 6.45) is 10.8. The van der Waals surface area contributed by atoms with Gasteiger partial charge in [0.05, 0.1) is 6.61 Å². The summed E-state index contributed by atoms with van der Waals surface area (Å²) in [5, 5.41) is 3.12. The highest BCUT2D eigenvalue weighted by atomic mass is 16.5. The Balaban J connectivity index is 1.97. The molecule has 2 rings (SSSR count). The van der Waals surface area contributed by atoms with Crippen LogP contribution in [0.1, 0.15) is 18.9 Å². The second kappa shape index (κ2) is 9.22. The van der Waals surface area contributed by atoms with Crippen molar-refractivity contribution in [3.8, 4) is 0 Å². The number of aromatic nitrogens is 2. The van der Waals surface area contributed by atoms with Gasteiger partial charge in [-0.25, -0.2) is 9.97 Å². The van der Waals surface area contributed by atoms with E-state index in [4.69, 9.17) is 4.74 Å². The van der Waals surface area contributed by atoms with Crippen LogP contribution >= 0.6 is 0 Å². The van der Waals surface area contributed by atoms with Crippen molar-refractivity contribution in [3.63, 3.8) is 0 Å². The Bertz CT molecular complexity index is 555. The Labute approximate surface area is 138 Å². The molecule has 1 fully saturated rings. The molecule has 0 aliphatic carbocycles. The summed E-state index contributed by atoms with van der Waals surface area (Å²) in [5.74, 6) is 0.765. The van der Waals surface area contributed by atoms with Gasteiger partial charge in [0.1, 0.15) is 0 Å². The molecule has 1 saturated heterocycles. The molecule has 0 bridgehead atoms. The van der Waals surface area contributed by atoms with Crippen LogP contribution in [0.15, 0.2) is 42.8 Å². The van der Waals surface area contributed by atoms with Crippen LogP contribution in [0.5, 0.6) is 0 Å². The molecule has 124 valence electrons. The van der Waals surface area contributed by atoms with Gasteiger partial charge < -0.3 is 15.0 Å². The Hall–Kier alpha value is -1.98. The van der Waals surface area contributed by atoms with E-state index in [0.29, 0.717) is 0 Å². The number of hydrogen-bond donors (Lipinski definition) is 1. The van der Waals surface area contributed by atoms with Gasteiger partial charge >= 0.3 is 0 Å². The summed E-state index contributed by atoms with van der Waals surface area (Å²) < 4.78 is 5.46. The van der Waals surface area contributed by atoms with E-state index >= 15 is 0 Å². The fourth-order valence-electron chi connectivity index (χ4n) is 2.36. The number of hydrogen-bond acceptors (Lipinski definition) is 5. The fraction of sp³-hybridized carbons (Fsp3) is 0.444. The Morgan fingerprint density at radius 3 is 2.87 bits per heavy atom. The molecule has 1 aliphatic heterocycles. The zero-order valence-corrected chi connectivity index (χ0v) is 14.1. The number of allylic oxidation sites excluding steroid dienone is 4. The zero-order valence-electron chi connectivity index (χ0n) is 14.1. The molecule has 1 aliphatic rings. The molecule has 23 heavy (non-hydrogen) atoms. The van der Waals surface area contributed by atoms with Crippen LogP contribution in [0, 0.1) is 0 Å². The smallest absolute Gasteiger partial charge is 0.225 e. The van der Waals surface area contributed by atoms with Gasteiger partial charge in [0.15, 0.2) is 0 Å².